The van der Waals surface area contributed by atoms with E-state index in [4.69, 9.17) is 0 Å². The van der Waals surface area contributed by atoms with Crippen LogP contribution >= 0.6 is 31.9 Å². The highest BCUT2D eigenvalue weighted by Gasteiger charge is 2.41. The molecule has 0 amide bonds. The lowest BCUT2D eigenvalue weighted by molar-refractivity contribution is 1.28. The minimum absolute atomic E-state index is 1.06. The Balaban J connectivity index is 1.55. The lowest BCUT2D eigenvalue weighted by Crippen LogP contribution is -2.74. The molecule has 4 heteroatoms. The van der Waals surface area contributed by atoms with Gasteiger partial charge >= 0.3 is 0 Å². The highest BCUT2D eigenvalue weighted by atomic mass is 79.9. The summed E-state index contributed by atoms with van der Waals surface area (Å²) in [5.41, 5.74) is 3.33. The smallest absolute Gasteiger partial charge is 0.179 e. The van der Waals surface area contributed by atoms with Gasteiger partial charge in [-0.2, -0.15) is 0 Å². The molecule has 0 aromatic heterocycles. The van der Waals surface area contributed by atoms with Crippen molar-refractivity contribution in [1.82, 2.24) is 0 Å². The average molecular weight is 662 g/mol. The molecule has 0 aliphatic rings. The first-order valence-electron chi connectivity index (χ1n) is 13.2. The Kier molecular flexibility index (Phi) is 7.83. The van der Waals surface area contributed by atoms with Crippen molar-refractivity contribution in [2.75, 3.05) is 4.90 Å². The third-order valence-electron chi connectivity index (χ3n) is 7.35. The van der Waals surface area contributed by atoms with Crippen LogP contribution in [0, 0.1) is 0 Å². The van der Waals surface area contributed by atoms with E-state index in [0.29, 0.717) is 0 Å². The lowest BCUT2D eigenvalue weighted by Gasteiger charge is -2.35. The van der Waals surface area contributed by atoms with Crippen molar-refractivity contribution >= 4 is 77.7 Å². The molecule has 194 valence electrons. The predicted molar refractivity (Wildman–Crippen MR) is 180 cm³/mol. The van der Waals surface area contributed by atoms with Gasteiger partial charge in [-0.15, -0.1) is 0 Å². The average Bonchev–Trinajstić information content (AvgIpc) is 3.02. The molecule has 6 aromatic carbocycles. The van der Waals surface area contributed by atoms with E-state index in [0.717, 1.165) is 26.0 Å². The van der Waals surface area contributed by atoms with Gasteiger partial charge in [-0.25, -0.2) is 0 Å². The van der Waals surface area contributed by atoms with Gasteiger partial charge in [0.1, 0.15) is 0 Å². The zero-order valence-electron chi connectivity index (χ0n) is 21.8. The zero-order chi connectivity index (χ0) is 27.4. The number of benzene rings is 6. The van der Waals surface area contributed by atoms with Gasteiger partial charge in [0, 0.05) is 26.0 Å². The van der Waals surface area contributed by atoms with Gasteiger partial charge in [-0.05, 0) is 81.4 Å². The van der Waals surface area contributed by atoms with Crippen molar-refractivity contribution in [2.45, 2.75) is 0 Å². The van der Waals surface area contributed by atoms with Crippen LogP contribution < -0.4 is 25.6 Å². The number of anilines is 3. The van der Waals surface area contributed by atoms with E-state index in [1.165, 1.54) is 20.7 Å². The van der Waals surface area contributed by atoms with E-state index in [1.54, 1.807) is 0 Å². The Morgan fingerprint density at radius 2 is 0.600 bits per heavy atom. The molecule has 0 fully saturated rings. The maximum Gasteiger partial charge on any atom is 0.179 e. The fraction of sp³-hybridized carbons (Fsp3) is 0. The second-order valence-corrected chi connectivity index (χ2v) is 15.3. The Hall–Kier alpha value is -3.70. The van der Waals surface area contributed by atoms with E-state index in [1.807, 2.05) is 0 Å². The second-order valence-electron chi connectivity index (χ2n) is 9.68. The van der Waals surface area contributed by atoms with Crippen molar-refractivity contribution < 1.29 is 0 Å². The van der Waals surface area contributed by atoms with Gasteiger partial charge < -0.3 is 4.90 Å². The van der Waals surface area contributed by atoms with Gasteiger partial charge in [0.15, 0.2) is 8.07 Å². The zero-order valence-corrected chi connectivity index (χ0v) is 26.0. The van der Waals surface area contributed by atoms with Gasteiger partial charge in [0.05, 0.1) is 0 Å². The minimum Gasteiger partial charge on any atom is -0.311 e. The monoisotopic (exact) mass is 659 g/mol. The molecule has 0 saturated heterocycles. The van der Waals surface area contributed by atoms with Crippen LogP contribution in [0.15, 0.2) is 173 Å². The molecule has 1 nitrogen and oxygen atoms in total. The summed E-state index contributed by atoms with van der Waals surface area (Å²) >= 11 is 7.19. The number of rotatable bonds is 7. The Morgan fingerprint density at radius 1 is 0.325 bits per heavy atom. The molecule has 0 aliphatic carbocycles. The summed E-state index contributed by atoms with van der Waals surface area (Å²) in [6.45, 7) is 0. The summed E-state index contributed by atoms with van der Waals surface area (Å²) in [7, 11) is -2.56. The van der Waals surface area contributed by atoms with Gasteiger partial charge in [0.2, 0.25) is 0 Å². The first-order valence-corrected chi connectivity index (χ1v) is 16.8. The highest BCUT2D eigenvalue weighted by molar-refractivity contribution is 9.10. The Morgan fingerprint density at radius 3 is 0.925 bits per heavy atom. The number of hydrogen-bond donors (Lipinski definition) is 0. The van der Waals surface area contributed by atoms with E-state index in [2.05, 4.69) is 201 Å². The molecule has 40 heavy (non-hydrogen) atoms. The Bertz CT molecular complexity index is 1530. The van der Waals surface area contributed by atoms with Gasteiger partial charge in [-0.3, -0.25) is 0 Å². The SMILES string of the molecule is Brc1ccc(N(c2ccc(Br)cc2)c2ccc([Si](c3ccccc3)(c3ccccc3)c3ccccc3)cc2)cc1. The summed E-state index contributed by atoms with van der Waals surface area (Å²) < 4.78 is 2.12. The lowest BCUT2D eigenvalue weighted by atomic mass is 10.2. The van der Waals surface area contributed by atoms with Crippen LogP contribution in [-0.4, -0.2) is 8.07 Å². The standard InChI is InChI=1S/C36H27Br2NSi/c37-28-16-20-30(21-17-28)39(31-22-18-29(38)19-23-31)32-24-26-36(27-25-32)40(33-10-4-1-5-11-33,34-12-6-2-7-13-34)35-14-8-3-9-15-35/h1-27H. The van der Waals surface area contributed by atoms with Crippen LogP contribution in [0.3, 0.4) is 0 Å². The topological polar surface area (TPSA) is 3.24 Å². The van der Waals surface area contributed by atoms with E-state index in [9.17, 15) is 0 Å². The van der Waals surface area contributed by atoms with Crippen molar-refractivity contribution in [1.29, 1.82) is 0 Å². The van der Waals surface area contributed by atoms with Crippen LogP contribution in [0.5, 0.6) is 0 Å². The highest BCUT2D eigenvalue weighted by Crippen LogP contribution is 2.35. The van der Waals surface area contributed by atoms with Crippen LogP contribution in [-0.2, 0) is 0 Å². The number of halogens is 2. The second kappa shape index (κ2) is 11.8. The molecule has 0 unspecified atom stereocenters. The third-order valence-corrected chi connectivity index (χ3v) is 13.2. The van der Waals surface area contributed by atoms with E-state index >= 15 is 0 Å². The third kappa shape index (κ3) is 5.11. The molecule has 6 aromatic rings. The number of hydrogen-bond acceptors (Lipinski definition) is 1. The molecule has 6 rings (SSSR count). The molecule has 0 atom stereocenters. The van der Waals surface area contributed by atoms with Gasteiger partial charge in [0.25, 0.3) is 0 Å². The summed E-state index contributed by atoms with van der Waals surface area (Å²) in [6, 6.07) is 59.3. The fourth-order valence-electron chi connectivity index (χ4n) is 5.55. The molecule has 0 saturated carbocycles. The van der Waals surface area contributed by atoms with Crippen molar-refractivity contribution in [2.24, 2.45) is 0 Å². The summed E-state index contributed by atoms with van der Waals surface area (Å²) in [6.07, 6.45) is 0. The molecular weight excluding hydrogens is 634 g/mol. The maximum atomic E-state index is 3.59. The van der Waals surface area contributed by atoms with E-state index < -0.39 is 8.07 Å². The molecule has 0 aliphatic heterocycles. The summed E-state index contributed by atoms with van der Waals surface area (Å²) in [5, 5.41) is 5.47. The predicted octanol–water partition coefficient (Wildman–Crippen LogP) is 8.06. The first kappa shape index (κ1) is 26.5. The molecule has 0 spiro atoms. The quantitative estimate of drug-likeness (QED) is 0.124. The van der Waals surface area contributed by atoms with Crippen LogP contribution in [0.4, 0.5) is 17.1 Å². The van der Waals surface area contributed by atoms with Crippen molar-refractivity contribution in [3.05, 3.63) is 173 Å². The first-order chi connectivity index (χ1) is 19.7. The summed E-state index contributed by atoms with van der Waals surface area (Å²) in [4.78, 5) is 2.31. The summed E-state index contributed by atoms with van der Waals surface area (Å²) in [5.74, 6) is 0. The normalized spacial score (nSPS) is 11.2. The maximum absolute atomic E-state index is 3.59. The van der Waals surface area contributed by atoms with Crippen LogP contribution in [0.1, 0.15) is 0 Å². The molecular formula is C36H27Br2NSi. The van der Waals surface area contributed by atoms with Crippen LogP contribution in [0.2, 0.25) is 0 Å². The molecule has 0 radical (unpaired) electrons. The van der Waals surface area contributed by atoms with Crippen molar-refractivity contribution in [3.63, 3.8) is 0 Å². The van der Waals surface area contributed by atoms with Crippen molar-refractivity contribution in [3.8, 4) is 0 Å². The molecule has 0 heterocycles. The van der Waals surface area contributed by atoms with E-state index in [-0.39, 0.29) is 0 Å². The largest absolute Gasteiger partial charge is 0.311 e. The van der Waals surface area contributed by atoms with Gasteiger partial charge in [-0.1, -0.05) is 135 Å². The number of nitrogens with zero attached hydrogens (tertiary/aromatic N) is 1. The minimum atomic E-state index is -2.56. The Labute approximate surface area is 254 Å². The molecule has 0 N–H and O–H groups in total. The van der Waals surface area contributed by atoms with Crippen LogP contribution in [0.25, 0.3) is 0 Å². The molecule has 0 bridgehead atoms. The fourth-order valence-corrected chi connectivity index (χ4v) is 10.8.